The van der Waals surface area contributed by atoms with Crippen LogP contribution in [0, 0.1) is 0 Å². The number of nitrogens with one attached hydrogen (secondary N) is 1. The standard InChI is InChI=1S/C16H16N2O4/c17-15(19)11-22-13-6-3-12(4-7-13)5-8-16(20)18-10-14-2-1-9-21-14/h1-9H,10-11H2,(H2,17,19)(H,18,20)/b8-5+. The van der Waals surface area contributed by atoms with Crippen LogP contribution in [0.1, 0.15) is 11.3 Å². The molecule has 0 aliphatic carbocycles. The maximum Gasteiger partial charge on any atom is 0.255 e. The fraction of sp³-hybridized carbons (Fsp3) is 0.125. The van der Waals surface area contributed by atoms with E-state index in [-0.39, 0.29) is 12.5 Å². The Balaban J connectivity index is 1.81. The first-order valence-corrected chi connectivity index (χ1v) is 6.63. The topological polar surface area (TPSA) is 94.6 Å². The van der Waals surface area contributed by atoms with Gasteiger partial charge < -0.3 is 20.2 Å². The van der Waals surface area contributed by atoms with Gasteiger partial charge in [0.25, 0.3) is 5.91 Å². The molecule has 6 heteroatoms. The lowest BCUT2D eigenvalue weighted by molar-refractivity contribution is -0.120. The van der Waals surface area contributed by atoms with Gasteiger partial charge in [-0.3, -0.25) is 9.59 Å². The van der Waals surface area contributed by atoms with Gasteiger partial charge >= 0.3 is 0 Å². The molecule has 0 spiro atoms. The van der Waals surface area contributed by atoms with E-state index in [9.17, 15) is 9.59 Å². The Hall–Kier alpha value is -3.02. The van der Waals surface area contributed by atoms with Crippen molar-refractivity contribution in [1.29, 1.82) is 0 Å². The fourth-order valence-electron chi connectivity index (χ4n) is 1.65. The van der Waals surface area contributed by atoms with Gasteiger partial charge in [0.2, 0.25) is 5.91 Å². The minimum atomic E-state index is -0.530. The number of carbonyl (C=O) groups excluding carboxylic acids is 2. The lowest BCUT2D eigenvalue weighted by Gasteiger charge is -2.03. The summed E-state index contributed by atoms with van der Waals surface area (Å²) in [5.41, 5.74) is 5.82. The first-order chi connectivity index (χ1) is 10.6. The van der Waals surface area contributed by atoms with Crippen molar-refractivity contribution in [3.05, 3.63) is 60.1 Å². The molecule has 3 N–H and O–H groups in total. The highest BCUT2D eigenvalue weighted by atomic mass is 16.5. The Morgan fingerprint density at radius 1 is 1.23 bits per heavy atom. The van der Waals surface area contributed by atoms with E-state index in [1.807, 2.05) is 0 Å². The fourth-order valence-corrected chi connectivity index (χ4v) is 1.65. The Labute approximate surface area is 127 Å². The van der Waals surface area contributed by atoms with Crippen molar-refractivity contribution in [3.63, 3.8) is 0 Å². The number of amides is 2. The zero-order valence-electron chi connectivity index (χ0n) is 11.8. The summed E-state index contributed by atoms with van der Waals surface area (Å²) in [5, 5.41) is 2.70. The molecule has 114 valence electrons. The number of hydrogen-bond acceptors (Lipinski definition) is 4. The van der Waals surface area contributed by atoms with Gasteiger partial charge in [0.1, 0.15) is 11.5 Å². The van der Waals surface area contributed by atoms with Crippen molar-refractivity contribution in [3.8, 4) is 5.75 Å². The monoisotopic (exact) mass is 300 g/mol. The molecule has 1 heterocycles. The Morgan fingerprint density at radius 3 is 2.64 bits per heavy atom. The number of primary amides is 1. The molecule has 0 saturated carbocycles. The van der Waals surface area contributed by atoms with Crippen LogP contribution in [0.4, 0.5) is 0 Å². The molecule has 22 heavy (non-hydrogen) atoms. The second kappa shape index (κ2) is 7.68. The van der Waals surface area contributed by atoms with E-state index < -0.39 is 5.91 Å². The summed E-state index contributed by atoms with van der Waals surface area (Å²) in [6.07, 6.45) is 4.66. The maximum absolute atomic E-state index is 11.6. The Morgan fingerprint density at radius 2 is 2.00 bits per heavy atom. The van der Waals surface area contributed by atoms with Crippen LogP contribution in [0.25, 0.3) is 6.08 Å². The normalized spacial score (nSPS) is 10.5. The molecule has 1 aromatic heterocycles. The van der Waals surface area contributed by atoms with Crippen molar-refractivity contribution in [2.24, 2.45) is 5.73 Å². The molecule has 6 nitrogen and oxygen atoms in total. The maximum atomic E-state index is 11.6. The van der Waals surface area contributed by atoms with E-state index in [2.05, 4.69) is 5.32 Å². The van der Waals surface area contributed by atoms with Crippen LogP contribution in [0.3, 0.4) is 0 Å². The van der Waals surface area contributed by atoms with Crippen molar-refractivity contribution in [1.82, 2.24) is 5.32 Å². The van der Waals surface area contributed by atoms with Gasteiger partial charge in [-0.25, -0.2) is 0 Å². The quantitative estimate of drug-likeness (QED) is 0.757. The second-order valence-electron chi connectivity index (χ2n) is 4.45. The first kappa shape index (κ1) is 15.4. The Kier molecular flexibility index (Phi) is 5.37. The molecule has 0 aliphatic rings. The van der Waals surface area contributed by atoms with Gasteiger partial charge in [-0.1, -0.05) is 12.1 Å². The SMILES string of the molecule is NC(=O)COc1ccc(/C=C/C(=O)NCc2ccco2)cc1. The minimum absolute atomic E-state index is 0.162. The summed E-state index contributed by atoms with van der Waals surface area (Å²) in [6.45, 7) is 0.181. The number of furan rings is 1. The molecule has 0 atom stereocenters. The third-order valence-electron chi connectivity index (χ3n) is 2.71. The highest BCUT2D eigenvalue weighted by Gasteiger charge is 1.99. The molecule has 2 rings (SSSR count). The molecule has 0 saturated heterocycles. The molecule has 0 unspecified atom stereocenters. The molecule has 1 aromatic carbocycles. The molecule has 0 bridgehead atoms. The van der Waals surface area contributed by atoms with Gasteiger partial charge in [0.15, 0.2) is 6.61 Å². The summed E-state index contributed by atoms with van der Waals surface area (Å²) >= 11 is 0. The van der Waals surface area contributed by atoms with Crippen LogP contribution < -0.4 is 15.8 Å². The lowest BCUT2D eigenvalue weighted by Crippen LogP contribution is -2.20. The molecule has 2 amide bonds. The van der Waals surface area contributed by atoms with E-state index in [0.717, 1.165) is 5.56 Å². The van der Waals surface area contributed by atoms with Gasteiger partial charge in [-0.15, -0.1) is 0 Å². The van der Waals surface area contributed by atoms with Crippen LogP contribution in [0.15, 0.2) is 53.2 Å². The largest absolute Gasteiger partial charge is 0.484 e. The van der Waals surface area contributed by atoms with Crippen molar-refractivity contribution in [2.75, 3.05) is 6.61 Å². The number of carbonyl (C=O) groups is 2. The van der Waals surface area contributed by atoms with Gasteiger partial charge in [-0.05, 0) is 35.9 Å². The summed E-state index contributed by atoms with van der Waals surface area (Å²) in [7, 11) is 0. The van der Waals surface area contributed by atoms with E-state index in [1.54, 1.807) is 48.7 Å². The third kappa shape index (κ3) is 5.16. The summed E-state index contributed by atoms with van der Waals surface area (Å²) in [4.78, 5) is 22.2. The van der Waals surface area contributed by atoms with Gasteiger partial charge in [-0.2, -0.15) is 0 Å². The Bertz CT molecular complexity index is 645. The van der Waals surface area contributed by atoms with E-state index >= 15 is 0 Å². The number of benzene rings is 1. The minimum Gasteiger partial charge on any atom is -0.484 e. The molecular weight excluding hydrogens is 284 g/mol. The van der Waals surface area contributed by atoms with Gasteiger partial charge in [0, 0.05) is 6.08 Å². The first-order valence-electron chi connectivity index (χ1n) is 6.63. The molecule has 2 aromatic rings. The summed E-state index contributed by atoms with van der Waals surface area (Å²) in [5.74, 6) is 0.485. The zero-order chi connectivity index (χ0) is 15.8. The second-order valence-corrected chi connectivity index (χ2v) is 4.45. The highest BCUT2D eigenvalue weighted by Crippen LogP contribution is 2.13. The lowest BCUT2D eigenvalue weighted by atomic mass is 10.2. The predicted octanol–water partition coefficient (Wildman–Crippen LogP) is 1.47. The number of hydrogen-bond donors (Lipinski definition) is 2. The molecule has 0 fully saturated rings. The van der Waals surface area contributed by atoms with Gasteiger partial charge in [0.05, 0.1) is 12.8 Å². The van der Waals surface area contributed by atoms with Crippen molar-refractivity contribution >= 4 is 17.9 Å². The third-order valence-corrected chi connectivity index (χ3v) is 2.71. The van der Waals surface area contributed by atoms with Crippen molar-refractivity contribution < 1.29 is 18.7 Å². The van der Waals surface area contributed by atoms with Crippen LogP contribution in [-0.4, -0.2) is 18.4 Å². The average Bonchev–Trinajstić information content (AvgIpc) is 3.03. The van der Waals surface area contributed by atoms with Crippen LogP contribution >= 0.6 is 0 Å². The summed E-state index contributed by atoms with van der Waals surface area (Å²) < 4.78 is 10.3. The van der Waals surface area contributed by atoms with E-state index in [1.165, 1.54) is 6.08 Å². The number of rotatable bonds is 7. The molecule has 0 radical (unpaired) electrons. The highest BCUT2D eigenvalue weighted by molar-refractivity contribution is 5.91. The molecule has 0 aliphatic heterocycles. The van der Waals surface area contributed by atoms with Crippen LogP contribution in [0.2, 0.25) is 0 Å². The smallest absolute Gasteiger partial charge is 0.255 e. The average molecular weight is 300 g/mol. The zero-order valence-corrected chi connectivity index (χ0v) is 11.8. The van der Waals surface area contributed by atoms with Crippen LogP contribution in [0.5, 0.6) is 5.75 Å². The predicted molar refractivity (Wildman–Crippen MR) is 80.7 cm³/mol. The summed E-state index contributed by atoms with van der Waals surface area (Å²) in [6, 6.07) is 10.5. The number of ether oxygens (including phenoxy) is 1. The number of nitrogens with two attached hydrogens (primary N) is 1. The van der Waals surface area contributed by atoms with E-state index in [4.69, 9.17) is 14.9 Å². The van der Waals surface area contributed by atoms with Crippen molar-refractivity contribution in [2.45, 2.75) is 6.54 Å². The van der Waals surface area contributed by atoms with Crippen LogP contribution in [-0.2, 0) is 16.1 Å². The van der Waals surface area contributed by atoms with E-state index in [0.29, 0.717) is 18.1 Å². The molecular formula is C16H16N2O4.